The van der Waals surface area contributed by atoms with Crippen LogP contribution in [0, 0.1) is 12.8 Å². The largest absolute Gasteiger partial charge is 0.343 e. The highest BCUT2D eigenvalue weighted by molar-refractivity contribution is 5.73. The van der Waals surface area contributed by atoms with Gasteiger partial charge in [-0.05, 0) is 37.8 Å². The average Bonchev–Trinajstić information content (AvgIpc) is 2.97. The lowest BCUT2D eigenvalue weighted by Crippen LogP contribution is -2.26. The molecule has 1 aromatic carbocycles. The highest BCUT2D eigenvalue weighted by Crippen LogP contribution is 2.22. The number of benzene rings is 1. The van der Waals surface area contributed by atoms with Crippen LogP contribution in [0.5, 0.6) is 0 Å². The molecule has 1 amide bonds. The van der Waals surface area contributed by atoms with Crippen LogP contribution in [0.4, 0.5) is 0 Å². The normalized spacial score (nSPS) is 17.7. The fourth-order valence-electron chi connectivity index (χ4n) is 3.06. The van der Waals surface area contributed by atoms with E-state index in [2.05, 4.69) is 49.4 Å². The van der Waals surface area contributed by atoms with Gasteiger partial charge >= 0.3 is 0 Å². The molecule has 0 unspecified atom stereocenters. The smallest absolute Gasteiger partial charge is 0.219 e. The lowest BCUT2D eigenvalue weighted by molar-refractivity contribution is -0.127. The van der Waals surface area contributed by atoms with Crippen LogP contribution < -0.4 is 0 Å². The monoisotopic (exact) mass is 294 g/mol. The Morgan fingerprint density at radius 3 is 2.68 bits per heavy atom. The summed E-state index contributed by atoms with van der Waals surface area (Å²) in [5, 5.41) is 0. The Hall–Kier alpha value is -2.16. The summed E-state index contributed by atoms with van der Waals surface area (Å²) < 4.78 is 0. The number of hydrogen-bond donors (Lipinski definition) is 0. The molecule has 1 atom stereocenters. The van der Waals surface area contributed by atoms with Crippen molar-refractivity contribution in [2.75, 3.05) is 13.1 Å². The molecule has 0 N–H and O–H groups in total. The minimum absolute atomic E-state index is 0.184. The van der Waals surface area contributed by atoms with Crippen molar-refractivity contribution in [3.05, 3.63) is 53.7 Å². The first-order valence-electron chi connectivity index (χ1n) is 7.90. The van der Waals surface area contributed by atoms with Crippen molar-refractivity contribution in [2.24, 2.45) is 5.92 Å². The van der Waals surface area contributed by atoms with Crippen molar-refractivity contribution in [2.45, 2.75) is 26.7 Å². The standard InChI is InChI=1S/C19H22N2O/c1-14-6-8-17(9-7-14)19-5-3-4-18(20-19)12-16-10-11-21(13-16)15(2)22/h3-9,16H,10-13H2,1-2H3/t16-/m1/s1. The zero-order chi connectivity index (χ0) is 15.5. The first kappa shape index (κ1) is 14.8. The first-order valence-corrected chi connectivity index (χ1v) is 7.90. The molecule has 0 saturated carbocycles. The summed E-state index contributed by atoms with van der Waals surface area (Å²) in [6.45, 7) is 5.50. The number of aryl methyl sites for hydroxylation is 1. The maximum Gasteiger partial charge on any atom is 0.219 e. The molecule has 0 bridgehead atoms. The van der Waals surface area contributed by atoms with Crippen LogP contribution in [0.2, 0.25) is 0 Å². The maximum absolute atomic E-state index is 11.4. The number of carbonyl (C=O) groups is 1. The fourth-order valence-corrected chi connectivity index (χ4v) is 3.06. The van der Waals surface area contributed by atoms with E-state index in [0.29, 0.717) is 5.92 Å². The predicted molar refractivity (Wildman–Crippen MR) is 88.5 cm³/mol. The summed E-state index contributed by atoms with van der Waals surface area (Å²) in [5.41, 5.74) is 4.56. The molecule has 3 heteroatoms. The number of carbonyl (C=O) groups excluding carboxylic acids is 1. The van der Waals surface area contributed by atoms with Crippen LogP contribution in [0.3, 0.4) is 0 Å². The van der Waals surface area contributed by atoms with E-state index in [1.54, 1.807) is 6.92 Å². The van der Waals surface area contributed by atoms with Crippen LogP contribution in [0.1, 0.15) is 24.6 Å². The Kier molecular flexibility index (Phi) is 4.23. The molecule has 1 saturated heterocycles. The van der Waals surface area contributed by atoms with E-state index in [-0.39, 0.29) is 5.91 Å². The predicted octanol–water partition coefficient (Wildman–Crippen LogP) is 3.47. The van der Waals surface area contributed by atoms with Crippen LogP contribution in [0.15, 0.2) is 42.5 Å². The van der Waals surface area contributed by atoms with Gasteiger partial charge in [0.05, 0.1) is 5.69 Å². The zero-order valence-corrected chi connectivity index (χ0v) is 13.2. The van der Waals surface area contributed by atoms with E-state index >= 15 is 0 Å². The van der Waals surface area contributed by atoms with E-state index in [1.807, 2.05) is 4.90 Å². The number of nitrogens with zero attached hydrogens (tertiary/aromatic N) is 2. The molecule has 22 heavy (non-hydrogen) atoms. The maximum atomic E-state index is 11.4. The highest BCUT2D eigenvalue weighted by Gasteiger charge is 2.24. The Bertz CT molecular complexity index is 663. The Morgan fingerprint density at radius 1 is 1.23 bits per heavy atom. The van der Waals surface area contributed by atoms with Gasteiger partial charge in [-0.3, -0.25) is 9.78 Å². The molecular formula is C19H22N2O. The van der Waals surface area contributed by atoms with Crippen LogP contribution in [-0.2, 0) is 11.2 Å². The van der Waals surface area contributed by atoms with Crippen molar-refractivity contribution in [3.8, 4) is 11.3 Å². The topological polar surface area (TPSA) is 33.2 Å². The molecule has 2 heterocycles. The molecule has 0 radical (unpaired) electrons. The van der Waals surface area contributed by atoms with Crippen LogP contribution in [-0.4, -0.2) is 28.9 Å². The second-order valence-electron chi connectivity index (χ2n) is 6.20. The fraction of sp³-hybridized carbons (Fsp3) is 0.368. The van der Waals surface area contributed by atoms with E-state index < -0.39 is 0 Å². The van der Waals surface area contributed by atoms with E-state index in [4.69, 9.17) is 4.98 Å². The molecule has 3 rings (SSSR count). The molecule has 1 aliphatic heterocycles. The van der Waals surface area contributed by atoms with Gasteiger partial charge in [-0.25, -0.2) is 0 Å². The van der Waals surface area contributed by atoms with Crippen LogP contribution >= 0.6 is 0 Å². The van der Waals surface area contributed by atoms with Gasteiger partial charge in [0.1, 0.15) is 0 Å². The molecule has 114 valence electrons. The van der Waals surface area contributed by atoms with Gasteiger partial charge in [0.15, 0.2) is 0 Å². The Morgan fingerprint density at radius 2 is 2.00 bits per heavy atom. The number of hydrogen-bond acceptors (Lipinski definition) is 2. The van der Waals surface area contributed by atoms with E-state index in [9.17, 15) is 4.79 Å². The Balaban J connectivity index is 1.72. The summed E-state index contributed by atoms with van der Waals surface area (Å²) in [6.07, 6.45) is 2.03. The SMILES string of the molecule is CC(=O)N1CC[C@H](Cc2cccc(-c3ccc(C)cc3)n2)C1. The number of rotatable bonds is 3. The van der Waals surface area contributed by atoms with Gasteiger partial charge in [0.25, 0.3) is 0 Å². The minimum atomic E-state index is 0.184. The van der Waals surface area contributed by atoms with Gasteiger partial charge in [-0.15, -0.1) is 0 Å². The molecule has 2 aromatic rings. The lowest BCUT2D eigenvalue weighted by Gasteiger charge is -2.14. The van der Waals surface area contributed by atoms with Crippen molar-refractivity contribution < 1.29 is 4.79 Å². The van der Waals surface area contributed by atoms with Gasteiger partial charge in [-0.2, -0.15) is 0 Å². The molecule has 3 nitrogen and oxygen atoms in total. The summed E-state index contributed by atoms with van der Waals surface area (Å²) in [6, 6.07) is 14.7. The second-order valence-corrected chi connectivity index (χ2v) is 6.20. The molecule has 1 fully saturated rings. The van der Waals surface area contributed by atoms with E-state index in [1.165, 1.54) is 5.56 Å². The average molecular weight is 294 g/mol. The summed E-state index contributed by atoms with van der Waals surface area (Å²) in [5.74, 6) is 0.716. The van der Waals surface area contributed by atoms with Gasteiger partial charge < -0.3 is 4.90 Å². The first-order chi connectivity index (χ1) is 10.6. The van der Waals surface area contributed by atoms with Crippen molar-refractivity contribution in [1.29, 1.82) is 0 Å². The molecule has 0 spiro atoms. The van der Waals surface area contributed by atoms with Gasteiger partial charge in [-0.1, -0.05) is 35.9 Å². The van der Waals surface area contributed by atoms with Crippen molar-refractivity contribution in [1.82, 2.24) is 9.88 Å². The van der Waals surface area contributed by atoms with Gasteiger partial charge in [0.2, 0.25) is 5.91 Å². The molecular weight excluding hydrogens is 272 g/mol. The second kappa shape index (κ2) is 6.30. The van der Waals surface area contributed by atoms with Crippen molar-refractivity contribution >= 4 is 5.91 Å². The summed E-state index contributed by atoms with van der Waals surface area (Å²) in [4.78, 5) is 18.2. The third-order valence-electron chi connectivity index (χ3n) is 4.38. The summed E-state index contributed by atoms with van der Waals surface area (Å²) >= 11 is 0. The number of amides is 1. The third kappa shape index (κ3) is 3.35. The zero-order valence-electron chi connectivity index (χ0n) is 13.2. The summed E-state index contributed by atoms with van der Waals surface area (Å²) in [7, 11) is 0. The van der Waals surface area contributed by atoms with Gasteiger partial charge in [0, 0.05) is 31.3 Å². The Labute approximate surface area is 132 Å². The number of aromatic nitrogens is 1. The quantitative estimate of drug-likeness (QED) is 0.868. The van der Waals surface area contributed by atoms with Crippen LogP contribution in [0.25, 0.3) is 11.3 Å². The van der Waals surface area contributed by atoms with E-state index in [0.717, 1.165) is 42.9 Å². The highest BCUT2D eigenvalue weighted by atomic mass is 16.2. The third-order valence-corrected chi connectivity index (χ3v) is 4.38. The minimum Gasteiger partial charge on any atom is -0.343 e. The molecule has 1 aliphatic rings. The number of pyridine rings is 1. The molecule has 1 aromatic heterocycles. The lowest BCUT2D eigenvalue weighted by atomic mass is 10.0. The molecule has 0 aliphatic carbocycles. The number of likely N-dealkylation sites (tertiary alicyclic amines) is 1. The van der Waals surface area contributed by atoms with Crippen molar-refractivity contribution in [3.63, 3.8) is 0 Å².